The predicted molar refractivity (Wildman–Crippen MR) is 66.9 cm³/mol. The Kier molecular flexibility index (Phi) is 4.00. The van der Waals surface area contributed by atoms with Crippen LogP contribution < -0.4 is 10.1 Å². The van der Waals surface area contributed by atoms with Crippen molar-refractivity contribution in [2.45, 2.75) is 39.2 Å². The van der Waals surface area contributed by atoms with Gasteiger partial charge in [-0.3, -0.25) is 0 Å². The maximum atomic E-state index is 13.5. The molecule has 0 fully saturated rings. The summed E-state index contributed by atoms with van der Waals surface area (Å²) in [5.74, 6) is 0.527. The highest BCUT2D eigenvalue weighted by Gasteiger charge is 2.20. The molecule has 1 aliphatic rings. The maximum absolute atomic E-state index is 13.5. The van der Waals surface area contributed by atoms with Crippen molar-refractivity contribution in [3.63, 3.8) is 0 Å². The van der Waals surface area contributed by atoms with E-state index in [1.165, 1.54) is 6.07 Å². The number of halogens is 1. The third-order valence-corrected chi connectivity index (χ3v) is 3.20. The fourth-order valence-electron chi connectivity index (χ4n) is 2.24. The molecule has 1 atom stereocenters. The van der Waals surface area contributed by atoms with Gasteiger partial charge in [0.15, 0.2) is 0 Å². The summed E-state index contributed by atoms with van der Waals surface area (Å²) in [7, 11) is 0. The van der Waals surface area contributed by atoms with Gasteiger partial charge in [0, 0.05) is 17.7 Å². The van der Waals surface area contributed by atoms with Crippen LogP contribution in [0.25, 0.3) is 0 Å². The van der Waals surface area contributed by atoms with E-state index in [0.29, 0.717) is 24.0 Å². The Bertz CT molecular complexity index is 392. The minimum absolute atomic E-state index is 0.181. The van der Waals surface area contributed by atoms with Crippen LogP contribution in [0.15, 0.2) is 12.1 Å². The third-order valence-electron chi connectivity index (χ3n) is 3.20. The van der Waals surface area contributed by atoms with Gasteiger partial charge in [-0.1, -0.05) is 6.92 Å². The summed E-state index contributed by atoms with van der Waals surface area (Å²) in [5.41, 5.74) is 1.80. The molecule has 1 unspecified atom stereocenters. The second-order valence-corrected chi connectivity index (χ2v) is 4.64. The molecule has 0 radical (unpaired) electrons. The van der Waals surface area contributed by atoms with Crippen molar-refractivity contribution in [3.8, 4) is 5.75 Å². The first kappa shape index (κ1) is 12.4. The molecule has 2 nitrogen and oxygen atoms in total. The van der Waals surface area contributed by atoms with Crippen LogP contribution in [0.3, 0.4) is 0 Å². The number of ether oxygens (including phenoxy) is 1. The van der Waals surface area contributed by atoms with Crippen molar-refractivity contribution in [2.24, 2.45) is 0 Å². The van der Waals surface area contributed by atoms with Crippen molar-refractivity contribution < 1.29 is 9.13 Å². The summed E-state index contributed by atoms with van der Waals surface area (Å²) in [6.07, 6.45) is 3.17. The Morgan fingerprint density at radius 3 is 3.06 bits per heavy atom. The first-order valence-electron chi connectivity index (χ1n) is 6.38. The fraction of sp³-hybridized carbons (Fsp3) is 0.571. The van der Waals surface area contributed by atoms with Gasteiger partial charge in [0.05, 0.1) is 6.61 Å². The number of aryl methyl sites for hydroxylation is 1. The number of nitrogens with one attached hydrogen (secondary N) is 1. The van der Waals surface area contributed by atoms with Crippen LogP contribution >= 0.6 is 0 Å². The number of benzene rings is 1. The number of hydrogen-bond acceptors (Lipinski definition) is 2. The van der Waals surface area contributed by atoms with Crippen molar-refractivity contribution in [2.75, 3.05) is 13.2 Å². The standard InChI is InChI=1S/C14H20FNO/c1-3-6-16-13-5-4-7-17-14-9-12(15)10(2)8-11(13)14/h8-9,13,16H,3-7H2,1-2H3. The zero-order valence-electron chi connectivity index (χ0n) is 10.6. The summed E-state index contributed by atoms with van der Waals surface area (Å²) in [6, 6.07) is 3.74. The second-order valence-electron chi connectivity index (χ2n) is 4.64. The van der Waals surface area contributed by atoms with Gasteiger partial charge >= 0.3 is 0 Å². The topological polar surface area (TPSA) is 21.3 Å². The smallest absolute Gasteiger partial charge is 0.129 e. The van der Waals surface area contributed by atoms with Gasteiger partial charge in [-0.05, 0) is 44.4 Å². The van der Waals surface area contributed by atoms with E-state index in [-0.39, 0.29) is 5.82 Å². The van der Waals surface area contributed by atoms with E-state index in [4.69, 9.17) is 4.74 Å². The summed E-state index contributed by atoms with van der Waals surface area (Å²) >= 11 is 0. The molecule has 94 valence electrons. The number of fused-ring (bicyclic) bond motifs is 1. The summed E-state index contributed by atoms with van der Waals surface area (Å²) in [5, 5.41) is 3.51. The molecule has 1 aromatic carbocycles. The van der Waals surface area contributed by atoms with E-state index >= 15 is 0 Å². The Labute approximate surface area is 102 Å². The summed E-state index contributed by atoms with van der Waals surface area (Å²) in [4.78, 5) is 0. The van der Waals surface area contributed by atoms with E-state index in [0.717, 1.165) is 31.4 Å². The van der Waals surface area contributed by atoms with Gasteiger partial charge in [-0.15, -0.1) is 0 Å². The Morgan fingerprint density at radius 2 is 2.29 bits per heavy atom. The highest BCUT2D eigenvalue weighted by atomic mass is 19.1. The molecule has 3 heteroatoms. The molecule has 0 spiro atoms. The average molecular weight is 237 g/mol. The van der Waals surface area contributed by atoms with Crippen molar-refractivity contribution in [3.05, 3.63) is 29.1 Å². The summed E-state index contributed by atoms with van der Waals surface area (Å²) in [6.45, 7) is 5.62. The molecule has 1 N–H and O–H groups in total. The van der Waals surface area contributed by atoms with Crippen molar-refractivity contribution >= 4 is 0 Å². The Hall–Kier alpha value is -1.09. The quantitative estimate of drug-likeness (QED) is 0.870. The van der Waals surface area contributed by atoms with E-state index in [1.54, 1.807) is 6.92 Å². The molecule has 2 rings (SSSR count). The summed E-state index contributed by atoms with van der Waals surface area (Å²) < 4.78 is 19.1. The van der Waals surface area contributed by atoms with E-state index in [9.17, 15) is 4.39 Å². The van der Waals surface area contributed by atoms with E-state index in [1.807, 2.05) is 6.07 Å². The van der Waals surface area contributed by atoms with Gasteiger partial charge in [0.2, 0.25) is 0 Å². The number of rotatable bonds is 3. The molecule has 0 saturated carbocycles. The predicted octanol–water partition coefficient (Wildman–Crippen LogP) is 3.35. The van der Waals surface area contributed by atoms with E-state index < -0.39 is 0 Å². The van der Waals surface area contributed by atoms with Gasteiger partial charge in [-0.2, -0.15) is 0 Å². The van der Waals surface area contributed by atoms with Crippen molar-refractivity contribution in [1.82, 2.24) is 5.32 Å². The van der Waals surface area contributed by atoms with Crippen LogP contribution in [0.2, 0.25) is 0 Å². The second kappa shape index (κ2) is 5.50. The lowest BCUT2D eigenvalue weighted by Crippen LogP contribution is -2.21. The highest BCUT2D eigenvalue weighted by molar-refractivity contribution is 5.40. The van der Waals surface area contributed by atoms with Crippen LogP contribution in [0.5, 0.6) is 5.75 Å². The number of hydrogen-bond donors (Lipinski definition) is 1. The molecule has 17 heavy (non-hydrogen) atoms. The van der Waals surface area contributed by atoms with Crippen LogP contribution in [-0.2, 0) is 0 Å². The van der Waals surface area contributed by atoms with Crippen LogP contribution in [0, 0.1) is 12.7 Å². The van der Waals surface area contributed by atoms with Crippen LogP contribution in [0.1, 0.15) is 43.4 Å². The zero-order chi connectivity index (χ0) is 12.3. The first-order chi connectivity index (χ1) is 8.22. The zero-order valence-corrected chi connectivity index (χ0v) is 10.6. The molecule has 0 aromatic heterocycles. The average Bonchev–Trinajstić information content (AvgIpc) is 2.50. The van der Waals surface area contributed by atoms with Crippen LogP contribution in [-0.4, -0.2) is 13.2 Å². The minimum atomic E-state index is -0.181. The normalized spacial score (nSPS) is 19.4. The Balaban J connectivity index is 2.30. The molecule has 1 aliphatic heterocycles. The monoisotopic (exact) mass is 237 g/mol. The lowest BCUT2D eigenvalue weighted by molar-refractivity contribution is 0.313. The van der Waals surface area contributed by atoms with Gasteiger partial charge in [0.25, 0.3) is 0 Å². The molecule has 1 aromatic rings. The lowest BCUT2D eigenvalue weighted by Gasteiger charge is -2.18. The van der Waals surface area contributed by atoms with Crippen LogP contribution in [0.4, 0.5) is 4.39 Å². The molecule has 0 amide bonds. The third kappa shape index (κ3) is 2.78. The first-order valence-corrected chi connectivity index (χ1v) is 6.38. The molecular formula is C14H20FNO. The van der Waals surface area contributed by atoms with Gasteiger partial charge in [-0.25, -0.2) is 4.39 Å². The van der Waals surface area contributed by atoms with Crippen molar-refractivity contribution in [1.29, 1.82) is 0 Å². The molecule has 1 heterocycles. The molecule has 0 bridgehead atoms. The Morgan fingerprint density at radius 1 is 1.47 bits per heavy atom. The minimum Gasteiger partial charge on any atom is -0.493 e. The highest BCUT2D eigenvalue weighted by Crippen LogP contribution is 2.33. The van der Waals surface area contributed by atoms with Gasteiger partial charge in [0.1, 0.15) is 11.6 Å². The maximum Gasteiger partial charge on any atom is 0.129 e. The largest absolute Gasteiger partial charge is 0.493 e. The SMILES string of the molecule is CCCNC1CCCOc2cc(F)c(C)cc21. The van der Waals surface area contributed by atoms with Gasteiger partial charge < -0.3 is 10.1 Å². The lowest BCUT2D eigenvalue weighted by atomic mass is 9.99. The molecular weight excluding hydrogens is 217 g/mol. The molecule has 0 saturated heterocycles. The molecule has 0 aliphatic carbocycles. The van der Waals surface area contributed by atoms with E-state index in [2.05, 4.69) is 12.2 Å². The fourth-order valence-corrected chi connectivity index (χ4v) is 2.24.